The number of amides is 3. The molecule has 1 aromatic carbocycles. The van der Waals surface area contributed by atoms with Crippen molar-refractivity contribution in [3.63, 3.8) is 0 Å². The molecule has 1 N–H and O–H groups in total. The molecule has 0 aromatic heterocycles. The Kier molecular flexibility index (Phi) is 4.99. The summed E-state index contributed by atoms with van der Waals surface area (Å²) in [6.07, 6.45) is 3.26. The summed E-state index contributed by atoms with van der Waals surface area (Å²) >= 11 is 0. The fraction of sp³-hybridized carbons (Fsp3) is 0.579. The van der Waals surface area contributed by atoms with Gasteiger partial charge in [0.05, 0.1) is 7.11 Å². The van der Waals surface area contributed by atoms with E-state index in [-0.39, 0.29) is 11.9 Å². The van der Waals surface area contributed by atoms with Gasteiger partial charge >= 0.3 is 6.03 Å². The maximum atomic E-state index is 12.3. The number of nitrogens with one attached hydrogen (secondary N) is 1. The summed E-state index contributed by atoms with van der Waals surface area (Å²) in [5.74, 6) is 0.740. The first-order chi connectivity index (χ1) is 11.9. The number of ether oxygens (including phenoxy) is 1. The zero-order valence-electron chi connectivity index (χ0n) is 15.2. The Morgan fingerprint density at radius 3 is 2.76 bits per heavy atom. The van der Waals surface area contributed by atoms with E-state index in [2.05, 4.69) is 22.3 Å². The van der Waals surface area contributed by atoms with Crippen molar-refractivity contribution < 1.29 is 14.3 Å². The molecule has 2 aliphatic heterocycles. The molecule has 1 atom stereocenters. The smallest absolute Gasteiger partial charge is 0.325 e. The lowest BCUT2D eigenvalue weighted by Gasteiger charge is -2.26. The second-order valence-corrected chi connectivity index (χ2v) is 7.40. The highest BCUT2D eigenvalue weighted by Crippen LogP contribution is 2.23. The maximum absolute atomic E-state index is 12.3. The molecule has 0 saturated carbocycles. The first-order valence-corrected chi connectivity index (χ1v) is 8.92. The zero-order chi connectivity index (χ0) is 18.0. The van der Waals surface area contributed by atoms with Gasteiger partial charge in [-0.25, -0.2) is 4.79 Å². The van der Waals surface area contributed by atoms with Crippen LogP contribution in [0.5, 0.6) is 5.75 Å². The molecule has 3 rings (SSSR count). The van der Waals surface area contributed by atoms with Gasteiger partial charge in [0.2, 0.25) is 0 Å². The molecule has 0 spiro atoms. The molecular weight excluding hydrogens is 318 g/mol. The van der Waals surface area contributed by atoms with Crippen molar-refractivity contribution in [2.24, 2.45) is 0 Å². The fourth-order valence-electron chi connectivity index (χ4n) is 3.74. The standard InChI is InChI=1S/C19H27N3O3/c1-19(2)17(23)22(18(24)20-19)11-10-21-9-5-7-15(21)12-14-6-4-8-16(13-14)25-3/h4,6,8,13,15H,5,7,9-12H2,1-3H3,(H,20,24)/t15-/m0/s1. The number of hydrogen-bond donors (Lipinski definition) is 1. The molecule has 2 heterocycles. The highest BCUT2D eigenvalue weighted by atomic mass is 16.5. The van der Waals surface area contributed by atoms with Crippen LogP contribution in [0.3, 0.4) is 0 Å². The van der Waals surface area contributed by atoms with Crippen LogP contribution in [0, 0.1) is 0 Å². The minimum atomic E-state index is -0.790. The van der Waals surface area contributed by atoms with E-state index in [9.17, 15) is 9.59 Å². The summed E-state index contributed by atoms with van der Waals surface area (Å²) in [6.45, 7) is 5.68. The van der Waals surface area contributed by atoms with Gasteiger partial charge in [0.25, 0.3) is 5.91 Å². The van der Waals surface area contributed by atoms with Crippen LogP contribution in [0.25, 0.3) is 0 Å². The number of rotatable bonds is 6. The fourth-order valence-corrected chi connectivity index (χ4v) is 3.74. The molecule has 0 unspecified atom stereocenters. The number of benzene rings is 1. The Hall–Kier alpha value is -2.08. The lowest BCUT2D eigenvalue weighted by molar-refractivity contribution is -0.130. The molecule has 6 nitrogen and oxygen atoms in total. The number of urea groups is 1. The quantitative estimate of drug-likeness (QED) is 0.802. The predicted molar refractivity (Wildman–Crippen MR) is 95.6 cm³/mol. The molecule has 0 bridgehead atoms. The van der Waals surface area contributed by atoms with E-state index in [1.807, 2.05) is 12.1 Å². The molecule has 0 radical (unpaired) electrons. The predicted octanol–water partition coefficient (Wildman–Crippen LogP) is 2.03. The van der Waals surface area contributed by atoms with Crippen molar-refractivity contribution in [1.29, 1.82) is 0 Å². The van der Waals surface area contributed by atoms with Crippen molar-refractivity contribution in [1.82, 2.24) is 15.1 Å². The van der Waals surface area contributed by atoms with Crippen LogP contribution >= 0.6 is 0 Å². The topological polar surface area (TPSA) is 61.9 Å². The Labute approximate surface area is 149 Å². The summed E-state index contributed by atoms with van der Waals surface area (Å²) in [4.78, 5) is 28.0. The largest absolute Gasteiger partial charge is 0.497 e. The zero-order valence-corrected chi connectivity index (χ0v) is 15.2. The molecule has 3 amide bonds. The number of hydrogen-bond acceptors (Lipinski definition) is 4. The van der Waals surface area contributed by atoms with Crippen molar-refractivity contribution in [3.8, 4) is 5.75 Å². The van der Waals surface area contributed by atoms with Gasteiger partial charge in [-0.1, -0.05) is 12.1 Å². The van der Waals surface area contributed by atoms with Crippen molar-refractivity contribution in [2.75, 3.05) is 26.7 Å². The van der Waals surface area contributed by atoms with Crippen molar-refractivity contribution >= 4 is 11.9 Å². The number of imide groups is 1. The Morgan fingerprint density at radius 1 is 1.28 bits per heavy atom. The van der Waals surface area contributed by atoms with Crippen molar-refractivity contribution in [3.05, 3.63) is 29.8 Å². The van der Waals surface area contributed by atoms with Crippen LogP contribution in [0.4, 0.5) is 4.79 Å². The van der Waals surface area contributed by atoms with Gasteiger partial charge < -0.3 is 10.1 Å². The molecular formula is C19H27N3O3. The third kappa shape index (κ3) is 3.79. The van der Waals surface area contributed by atoms with Crippen LogP contribution in [-0.2, 0) is 11.2 Å². The van der Waals surface area contributed by atoms with E-state index in [0.717, 1.165) is 38.1 Å². The second-order valence-electron chi connectivity index (χ2n) is 7.40. The Balaban J connectivity index is 1.59. The molecule has 1 aromatic rings. The average Bonchev–Trinajstić information content (AvgIpc) is 3.08. The number of nitrogens with zero attached hydrogens (tertiary/aromatic N) is 2. The third-order valence-corrected chi connectivity index (χ3v) is 5.16. The normalized spacial score (nSPS) is 23.2. The van der Waals surface area contributed by atoms with E-state index < -0.39 is 5.54 Å². The number of methoxy groups -OCH3 is 1. The molecule has 25 heavy (non-hydrogen) atoms. The van der Waals surface area contributed by atoms with Crippen LogP contribution in [-0.4, -0.2) is 60.1 Å². The minimum Gasteiger partial charge on any atom is -0.497 e. The number of carbonyl (C=O) groups excluding carboxylic acids is 2. The van der Waals surface area contributed by atoms with Gasteiger partial charge in [-0.3, -0.25) is 14.6 Å². The maximum Gasteiger partial charge on any atom is 0.325 e. The van der Waals surface area contributed by atoms with Gasteiger partial charge in [-0.15, -0.1) is 0 Å². The highest BCUT2D eigenvalue weighted by Gasteiger charge is 2.44. The third-order valence-electron chi connectivity index (χ3n) is 5.16. The van der Waals surface area contributed by atoms with E-state index in [1.54, 1.807) is 21.0 Å². The van der Waals surface area contributed by atoms with Crippen LogP contribution < -0.4 is 10.1 Å². The lowest BCUT2D eigenvalue weighted by Crippen LogP contribution is -2.43. The summed E-state index contributed by atoms with van der Waals surface area (Å²) in [6, 6.07) is 8.34. The number of carbonyl (C=O) groups is 2. The summed E-state index contributed by atoms with van der Waals surface area (Å²) in [5, 5.41) is 2.74. The first-order valence-electron chi connectivity index (χ1n) is 8.92. The average molecular weight is 345 g/mol. The van der Waals surface area contributed by atoms with E-state index in [1.165, 1.54) is 10.5 Å². The SMILES string of the molecule is COc1cccc(C[C@@H]2CCCN2CCN2C(=O)NC(C)(C)C2=O)c1. The first kappa shape index (κ1) is 17.7. The summed E-state index contributed by atoms with van der Waals surface area (Å²) in [7, 11) is 1.68. The van der Waals surface area contributed by atoms with Gasteiger partial charge in [-0.2, -0.15) is 0 Å². The van der Waals surface area contributed by atoms with E-state index in [4.69, 9.17) is 4.74 Å². The van der Waals surface area contributed by atoms with E-state index in [0.29, 0.717) is 12.6 Å². The molecule has 2 aliphatic rings. The molecule has 6 heteroatoms. The Morgan fingerprint density at radius 2 is 2.08 bits per heavy atom. The summed E-state index contributed by atoms with van der Waals surface area (Å²) < 4.78 is 5.30. The van der Waals surface area contributed by atoms with E-state index >= 15 is 0 Å². The van der Waals surface area contributed by atoms with Crippen LogP contribution in [0.15, 0.2) is 24.3 Å². The molecule has 0 aliphatic carbocycles. The van der Waals surface area contributed by atoms with Gasteiger partial charge in [0, 0.05) is 19.1 Å². The lowest BCUT2D eigenvalue weighted by atomic mass is 10.0. The van der Waals surface area contributed by atoms with Crippen molar-refractivity contribution in [2.45, 2.75) is 44.7 Å². The van der Waals surface area contributed by atoms with Crippen LogP contribution in [0.1, 0.15) is 32.3 Å². The van der Waals surface area contributed by atoms with Gasteiger partial charge in [0.15, 0.2) is 0 Å². The second kappa shape index (κ2) is 7.04. The van der Waals surface area contributed by atoms with Crippen LogP contribution in [0.2, 0.25) is 0 Å². The monoisotopic (exact) mass is 345 g/mol. The Bertz CT molecular complexity index is 659. The molecule has 136 valence electrons. The van der Waals surface area contributed by atoms with Gasteiger partial charge in [0.1, 0.15) is 11.3 Å². The number of likely N-dealkylation sites (tertiary alicyclic amines) is 1. The molecule has 2 saturated heterocycles. The van der Waals surface area contributed by atoms with Gasteiger partial charge in [-0.05, 0) is 57.4 Å². The highest BCUT2D eigenvalue weighted by molar-refractivity contribution is 6.06. The minimum absolute atomic E-state index is 0.138. The molecule has 2 fully saturated rings. The summed E-state index contributed by atoms with van der Waals surface area (Å²) in [5.41, 5.74) is 0.467.